The molecule has 0 saturated heterocycles. The van der Waals surface area contributed by atoms with Gasteiger partial charge in [-0.1, -0.05) is 134 Å². The first-order valence-electron chi connectivity index (χ1n) is 12.6. The minimum atomic E-state index is 0.942. The van der Waals surface area contributed by atoms with Crippen LogP contribution < -0.4 is 4.74 Å². The molecule has 0 radical (unpaired) electrons. The van der Waals surface area contributed by atoms with Gasteiger partial charge in [0.2, 0.25) is 0 Å². The van der Waals surface area contributed by atoms with Gasteiger partial charge in [0.1, 0.15) is 11.5 Å². The highest BCUT2D eigenvalue weighted by Gasteiger charge is 2.20. The molecule has 186 valence electrons. The van der Waals surface area contributed by atoms with E-state index in [2.05, 4.69) is 87.4 Å². The van der Waals surface area contributed by atoms with Crippen molar-refractivity contribution >= 4 is 11.8 Å². The summed E-state index contributed by atoms with van der Waals surface area (Å²) in [5, 5.41) is 0. The van der Waals surface area contributed by atoms with Gasteiger partial charge in [0.05, 0.1) is 9.79 Å². The first-order valence-corrected chi connectivity index (χ1v) is 13.4. The molecule has 1 heterocycles. The number of hydrogen-bond acceptors (Lipinski definition) is 2. The molecule has 0 unspecified atom stereocenters. The Hall–Kier alpha value is -3.93. The van der Waals surface area contributed by atoms with Crippen molar-refractivity contribution in [1.29, 1.82) is 0 Å². The molecule has 4 aromatic carbocycles. The van der Waals surface area contributed by atoms with E-state index < -0.39 is 0 Å². The Morgan fingerprint density at radius 3 is 2.14 bits per heavy atom. The van der Waals surface area contributed by atoms with E-state index in [9.17, 15) is 0 Å². The highest BCUT2D eigenvalue weighted by atomic mass is 32.2. The number of rotatable bonds is 4. The summed E-state index contributed by atoms with van der Waals surface area (Å²) in [6.07, 6.45) is 14.6. The Morgan fingerprint density at radius 1 is 0.784 bits per heavy atom. The van der Waals surface area contributed by atoms with Crippen LogP contribution in [0.15, 0.2) is 131 Å². The molecule has 2 heteroatoms. The molecule has 4 aromatic rings. The monoisotopic (exact) mass is 502 g/mol. The van der Waals surface area contributed by atoms with Crippen molar-refractivity contribution in [3.8, 4) is 35.0 Å². The number of ether oxygens (including phenoxy) is 1. The van der Waals surface area contributed by atoms with Gasteiger partial charge in [0.15, 0.2) is 0 Å². The lowest BCUT2D eigenvalue weighted by Crippen LogP contribution is -1.97. The van der Waals surface area contributed by atoms with Gasteiger partial charge in [-0.25, -0.2) is 0 Å². The van der Waals surface area contributed by atoms with Crippen LogP contribution in [0.25, 0.3) is 11.1 Å². The second kappa shape index (κ2) is 15.2. The van der Waals surface area contributed by atoms with Crippen LogP contribution in [0.5, 0.6) is 11.5 Å². The van der Waals surface area contributed by atoms with Gasteiger partial charge in [0, 0.05) is 5.56 Å². The van der Waals surface area contributed by atoms with Crippen molar-refractivity contribution in [3.05, 3.63) is 132 Å². The minimum absolute atomic E-state index is 0.942. The Morgan fingerprint density at radius 2 is 1.49 bits per heavy atom. The van der Waals surface area contributed by atoms with E-state index in [4.69, 9.17) is 11.2 Å². The van der Waals surface area contributed by atoms with Crippen LogP contribution in [0.4, 0.5) is 0 Å². The molecule has 0 spiro atoms. The first kappa shape index (κ1) is 27.7. The molecule has 0 atom stereocenters. The van der Waals surface area contributed by atoms with Crippen molar-refractivity contribution in [2.24, 2.45) is 0 Å². The molecule has 0 fully saturated rings. The van der Waals surface area contributed by atoms with Gasteiger partial charge in [-0.05, 0) is 55.2 Å². The van der Waals surface area contributed by atoms with Gasteiger partial charge >= 0.3 is 0 Å². The highest BCUT2D eigenvalue weighted by Crippen LogP contribution is 2.50. The Labute approximate surface area is 226 Å². The Balaban J connectivity index is 0.000000209. The topological polar surface area (TPSA) is 9.23 Å². The number of fused-ring (bicyclic) bond motifs is 2. The van der Waals surface area contributed by atoms with Crippen LogP contribution in [0.2, 0.25) is 0 Å². The third-order valence-electron chi connectivity index (χ3n) is 5.55. The predicted molar refractivity (Wildman–Crippen MR) is 160 cm³/mol. The maximum absolute atomic E-state index is 6.20. The van der Waals surface area contributed by atoms with E-state index >= 15 is 0 Å². The second-order valence-electron chi connectivity index (χ2n) is 8.35. The molecule has 37 heavy (non-hydrogen) atoms. The van der Waals surface area contributed by atoms with Gasteiger partial charge in [-0.2, -0.15) is 0 Å². The predicted octanol–water partition coefficient (Wildman–Crippen LogP) is 10.3. The molecular weight excluding hydrogens is 468 g/mol. The molecule has 0 aliphatic carbocycles. The van der Waals surface area contributed by atoms with Crippen LogP contribution in [0, 0.1) is 19.3 Å². The summed E-state index contributed by atoms with van der Waals surface area (Å²) in [6.45, 7) is 6.34. The highest BCUT2D eigenvalue weighted by molar-refractivity contribution is 7.99. The van der Waals surface area contributed by atoms with Crippen LogP contribution in [-0.2, 0) is 6.42 Å². The molecule has 1 nitrogen and oxygen atoms in total. The maximum Gasteiger partial charge on any atom is 0.149 e. The van der Waals surface area contributed by atoms with Crippen molar-refractivity contribution < 1.29 is 4.74 Å². The fourth-order valence-electron chi connectivity index (χ4n) is 3.56. The molecule has 0 N–H and O–H groups in total. The Bertz CT molecular complexity index is 1340. The number of para-hydroxylation sites is 2. The maximum atomic E-state index is 6.20. The summed E-state index contributed by atoms with van der Waals surface area (Å²) in [5.41, 5.74) is 5.04. The molecular formula is C35H34OS. The van der Waals surface area contributed by atoms with E-state index in [1.807, 2.05) is 54.6 Å². The van der Waals surface area contributed by atoms with Crippen molar-refractivity contribution in [1.82, 2.24) is 0 Å². The SMILES string of the molecule is C#C/C=C\C=C/CC.CCc1ccc(-c2cccc3c2Oc2ccccc2S3)cc1.Cc1ccccc1. The lowest BCUT2D eigenvalue weighted by atomic mass is 10.0. The van der Waals surface area contributed by atoms with E-state index in [0.29, 0.717) is 0 Å². The molecule has 0 amide bonds. The average Bonchev–Trinajstić information content (AvgIpc) is 2.95. The van der Waals surface area contributed by atoms with Crippen LogP contribution in [0.3, 0.4) is 0 Å². The molecule has 0 bridgehead atoms. The summed E-state index contributed by atoms with van der Waals surface area (Å²) in [4.78, 5) is 2.35. The molecule has 1 aliphatic rings. The number of benzene rings is 4. The average molecular weight is 503 g/mol. The van der Waals surface area contributed by atoms with Gasteiger partial charge in [0.25, 0.3) is 0 Å². The van der Waals surface area contributed by atoms with Gasteiger partial charge in [-0.3, -0.25) is 0 Å². The fourth-order valence-corrected chi connectivity index (χ4v) is 4.54. The zero-order valence-electron chi connectivity index (χ0n) is 21.9. The van der Waals surface area contributed by atoms with E-state index in [1.54, 1.807) is 17.8 Å². The molecule has 5 rings (SSSR count). The normalized spacial score (nSPS) is 11.2. The number of hydrogen-bond donors (Lipinski definition) is 0. The number of terminal acetylenes is 1. The van der Waals surface area contributed by atoms with Crippen LogP contribution in [0.1, 0.15) is 31.4 Å². The van der Waals surface area contributed by atoms with Crippen LogP contribution in [-0.4, -0.2) is 0 Å². The molecule has 1 aliphatic heterocycles. The summed E-state index contributed by atoms with van der Waals surface area (Å²) in [6, 6.07) is 33.6. The minimum Gasteiger partial charge on any atom is -0.454 e. The Kier molecular flexibility index (Phi) is 11.4. The van der Waals surface area contributed by atoms with Crippen molar-refractivity contribution in [2.45, 2.75) is 43.4 Å². The lowest BCUT2D eigenvalue weighted by Gasteiger charge is -2.22. The number of allylic oxidation sites excluding steroid dienone is 4. The summed E-state index contributed by atoms with van der Waals surface area (Å²) >= 11 is 1.77. The largest absolute Gasteiger partial charge is 0.454 e. The van der Waals surface area contributed by atoms with Gasteiger partial charge < -0.3 is 4.74 Å². The van der Waals surface area contributed by atoms with E-state index in [1.165, 1.54) is 26.5 Å². The van der Waals surface area contributed by atoms with E-state index in [-0.39, 0.29) is 0 Å². The third-order valence-corrected chi connectivity index (χ3v) is 6.65. The van der Waals surface area contributed by atoms with Crippen molar-refractivity contribution in [3.63, 3.8) is 0 Å². The van der Waals surface area contributed by atoms with Crippen LogP contribution >= 0.6 is 11.8 Å². The number of aryl methyl sites for hydroxylation is 2. The fraction of sp³-hybridized carbons (Fsp3) is 0.143. The van der Waals surface area contributed by atoms with Crippen molar-refractivity contribution in [2.75, 3.05) is 0 Å². The third kappa shape index (κ3) is 8.60. The summed E-state index contributed by atoms with van der Waals surface area (Å²) < 4.78 is 6.20. The smallest absolute Gasteiger partial charge is 0.149 e. The van der Waals surface area contributed by atoms with E-state index in [0.717, 1.165) is 29.9 Å². The summed E-state index contributed by atoms with van der Waals surface area (Å²) in [5.74, 6) is 4.31. The van der Waals surface area contributed by atoms with Gasteiger partial charge in [-0.15, -0.1) is 6.42 Å². The lowest BCUT2D eigenvalue weighted by molar-refractivity contribution is 0.456. The second-order valence-corrected chi connectivity index (χ2v) is 9.43. The molecule has 0 saturated carbocycles. The first-order chi connectivity index (χ1) is 18.2. The standard InChI is InChI=1S/C20H16OS.C8H10.C7H8/c1-2-14-10-12-15(13-11-14)16-6-5-9-19-20(16)21-17-7-3-4-8-18(17)22-19;1-3-5-7-8-6-4-2;1-7-5-3-2-4-6-7/h3-13H,2H2,1H3;1,5-8H,4H2,2H3;2-6H,1H3/b;7-5-,8-6-;. The summed E-state index contributed by atoms with van der Waals surface area (Å²) in [7, 11) is 0. The zero-order valence-corrected chi connectivity index (χ0v) is 22.7. The quantitative estimate of drug-likeness (QED) is 0.178. The zero-order chi connectivity index (χ0) is 26.3. The molecule has 0 aromatic heterocycles.